The first-order chi connectivity index (χ1) is 11.5. The van der Waals surface area contributed by atoms with Crippen LogP contribution in [0.15, 0.2) is 34.9 Å². The number of benzene rings is 1. The Morgan fingerprint density at radius 2 is 2.17 bits per heavy atom. The molecule has 0 saturated carbocycles. The van der Waals surface area contributed by atoms with Crippen molar-refractivity contribution in [1.29, 1.82) is 0 Å². The van der Waals surface area contributed by atoms with Crippen molar-refractivity contribution in [3.8, 4) is 0 Å². The summed E-state index contributed by atoms with van der Waals surface area (Å²) in [6, 6.07) is 8.12. The molecular formula is C17H19BrN2O3S. The molecule has 1 amide bonds. The van der Waals surface area contributed by atoms with E-state index in [9.17, 15) is 4.79 Å². The summed E-state index contributed by atoms with van der Waals surface area (Å²) in [5, 5.41) is 0.684. The maximum Gasteiger partial charge on any atom is 0.265 e. The lowest BCUT2D eigenvalue weighted by atomic mass is 10.1. The molecule has 24 heavy (non-hydrogen) atoms. The maximum atomic E-state index is 12.6. The number of hydrogen-bond donors (Lipinski definition) is 0. The number of nitrogens with zero attached hydrogens (tertiary/aromatic N) is 2. The van der Waals surface area contributed by atoms with Gasteiger partial charge in [-0.2, -0.15) is 0 Å². The Labute approximate surface area is 153 Å². The van der Waals surface area contributed by atoms with Crippen LogP contribution in [0.5, 0.6) is 0 Å². The van der Waals surface area contributed by atoms with Gasteiger partial charge in [0, 0.05) is 18.1 Å². The minimum atomic E-state index is -0.821. The monoisotopic (exact) mass is 410 g/mol. The summed E-state index contributed by atoms with van der Waals surface area (Å²) in [6.45, 7) is 3.58. The average Bonchev–Trinajstić information content (AvgIpc) is 3.22. The number of ether oxygens (including phenoxy) is 2. The van der Waals surface area contributed by atoms with Crippen LogP contribution in [-0.4, -0.2) is 42.6 Å². The van der Waals surface area contributed by atoms with Gasteiger partial charge in [-0.3, -0.25) is 4.79 Å². The van der Waals surface area contributed by atoms with Crippen molar-refractivity contribution in [3.63, 3.8) is 0 Å². The number of amides is 1. The van der Waals surface area contributed by atoms with Crippen LogP contribution in [-0.2, 0) is 21.7 Å². The average molecular weight is 411 g/mol. The molecule has 1 aliphatic rings. The Morgan fingerprint density at radius 3 is 2.88 bits per heavy atom. The quantitative estimate of drug-likeness (QED) is 0.757. The summed E-state index contributed by atoms with van der Waals surface area (Å²) >= 11 is 4.79. The minimum absolute atomic E-state index is 0.0321. The first-order valence-corrected chi connectivity index (χ1v) is 9.33. The predicted molar refractivity (Wildman–Crippen MR) is 96.2 cm³/mol. The molecule has 0 bridgehead atoms. The Kier molecular flexibility index (Phi) is 5.34. The molecule has 2 aromatic rings. The summed E-state index contributed by atoms with van der Waals surface area (Å²) in [5.74, 6) is -0.853. The highest BCUT2D eigenvalue weighted by atomic mass is 79.9. The zero-order valence-corrected chi connectivity index (χ0v) is 16.0. The third-order valence-electron chi connectivity index (χ3n) is 3.91. The summed E-state index contributed by atoms with van der Waals surface area (Å²) in [5.41, 5.74) is 1.19. The van der Waals surface area contributed by atoms with E-state index in [1.54, 1.807) is 11.1 Å². The number of likely N-dealkylation sites (N-methyl/N-ethyl adjacent to an activating group) is 1. The smallest absolute Gasteiger partial charge is 0.265 e. The number of thiazole rings is 1. The SMILES string of the molecule is CN(CCc1cccc(Br)c1)C(=O)c1cnc(C2(C)OCCO2)s1. The minimum Gasteiger partial charge on any atom is -0.342 e. The van der Waals surface area contributed by atoms with Gasteiger partial charge in [-0.05, 0) is 31.0 Å². The molecule has 0 unspecified atom stereocenters. The van der Waals surface area contributed by atoms with Crippen LogP contribution in [0, 0.1) is 0 Å². The van der Waals surface area contributed by atoms with Gasteiger partial charge in [-0.15, -0.1) is 11.3 Å². The molecular weight excluding hydrogens is 392 g/mol. The molecule has 3 rings (SSSR count). The van der Waals surface area contributed by atoms with Crippen LogP contribution in [0.25, 0.3) is 0 Å². The first kappa shape index (κ1) is 17.5. The van der Waals surface area contributed by atoms with E-state index in [1.165, 1.54) is 16.9 Å². The second-order valence-electron chi connectivity index (χ2n) is 5.78. The summed E-state index contributed by atoms with van der Waals surface area (Å²) in [4.78, 5) is 19.2. The van der Waals surface area contributed by atoms with Gasteiger partial charge in [-0.1, -0.05) is 28.1 Å². The molecule has 0 atom stereocenters. The molecule has 5 nitrogen and oxygen atoms in total. The molecule has 0 spiro atoms. The molecule has 7 heteroatoms. The molecule has 1 fully saturated rings. The van der Waals surface area contributed by atoms with Crippen molar-refractivity contribution in [2.75, 3.05) is 26.8 Å². The Hall–Kier alpha value is -1.28. The molecule has 2 heterocycles. The van der Waals surface area contributed by atoms with E-state index in [0.29, 0.717) is 29.6 Å². The van der Waals surface area contributed by atoms with Crippen LogP contribution in [0.1, 0.15) is 27.2 Å². The molecule has 128 valence electrons. The number of hydrogen-bond acceptors (Lipinski definition) is 5. The van der Waals surface area contributed by atoms with Crippen molar-refractivity contribution in [3.05, 3.63) is 50.4 Å². The number of carbonyl (C=O) groups is 1. The van der Waals surface area contributed by atoms with Gasteiger partial charge in [0.1, 0.15) is 4.88 Å². The van der Waals surface area contributed by atoms with Gasteiger partial charge in [0.05, 0.1) is 19.4 Å². The van der Waals surface area contributed by atoms with Gasteiger partial charge in [0.2, 0.25) is 5.79 Å². The van der Waals surface area contributed by atoms with E-state index >= 15 is 0 Å². The van der Waals surface area contributed by atoms with Crippen molar-refractivity contribution >= 4 is 33.2 Å². The standard InChI is InChI=1S/C17H19BrN2O3S/c1-17(22-8-9-23-17)16-19-11-14(24-16)15(21)20(2)7-6-12-4-3-5-13(18)10-12/h3-5,10-11H,6-9H2,1-2H3. The second-order valence-corrected chi connectivity index (χ2v) is 7.73. The lowest BCUT2D eigenvalue weighted by Crippen LogP contribution is -2.28. The Morgan fingerprint density at radius 1 is 1.42 bits per heavy atom. The van der Waals surface area contributed by atoms with Gasteiger partial charge >= 0.3 is 0 Å². The van der Waals surface area contributed by atoms with Gasteiger partial charge < -0.3 is 14.4 Å². The summed E-state index contributed by atoms with van der Waals surface area (Å²) in [7, 11) is 1.81. The highest BCUT2D eigenvalue weighted by Crippen LogP contribution is 2.33. The normalized spacial score (nSPS) is 16.3. The predicted octanol–water partition coefficient (Wildman–Crippen LogP) is 3.44. The number of rotatable bonds is 5. The van der Waals surface area contributed by atoms with Crippen LogP contribution < -0.4 is 0 Å². The Bertz CT molecular complexity index is 728. The van der Waals surface area contributed by atoms with Crippen molar-refractivity contribution in [2.45, 2.75) is 19.1 Å². The van der Waals surface area contributed by atoms with E-state index in [1.807, 2.05) is 26.1 Å². The van der Waals surface area contributed by atoms with Crippen molar-refractivity contribution in [2.24, 2.45) is 0 Å². The highest BCUT2D eigenvalue weighted by molar-refractivity contribution is 9.10. The number of carbonyl (C=O) groups excluding carboxylic acids is 1. The lowest BCUT2D eigenvalue weighted by Gasteiger charge is -2.19. The van der Waals surface area contributed by atoms with Gasteiger partial charge in [0.15, 0.2) is 5.01 Å². The fraction of sp³-hybridized carbons (Fsp3) is 0.412. The Balaban J connectivity index is 1.62. The number of aromatic nitrogens is 1. The van der Waals surface area contributed by atoms with Crippen LogP contribution in [0.4, 0.5) is 0 Å². The lowest BCUT2D eigenvalue weighted by molar-refractivity contribution is -0.149. The largest absolute Gasteiger partial charge is 0.342 e. The molecule has 0 N–H and O–H groups in total. The fourth-order valence-corrected chi connectivity index (χ4v) is 3.91. The zero-order chi connectivity index (χ0) is 17.2. The summed E-state index contributed by atoms with van der Waals surface area (Å²) in [6.07, 6.45) is 2.41. The van der Waals surface area contributed by atoms with E-state index < -0.39 is 5.79 Å². The van der Waals surface area contributed by atoms with Crippen molar-refractivity contribution in [1.82, 2.24) is 9.88 Å². The summed E-state index contributed by atoms with van der Waals surface area (Å²) < 4.78 is 12.2. The van der Waals surface area contributed by atoms with E-state index in [2.05, 4.69) is 33.0 Å². The zero-order valence-electron chi connectivity index (χ0n) is 13.6. The third kappa shape index (κ3) is 3.85. The second kappa shape index (κ2) is 7.31. The topological polar surface area (TPSA) is 51.7 Å². The molecule has 1 aromatic heterocycles. The molecule has 1 aromatic carbocycles. The third-order valence-corrected chi connectivity index (χ3v) is 5.58. The van der Waals surface area contributed by atoms with Crippen LogP contribution in [0.3, 0.4) is 0 Å². The van der Waals surface area contributed by atoms with Crippen LogP contribution in [0.2, 0.25) is 0 Å². The van der Waals surface area contributed by atoms with E-state index in [0.717, 1.165) is 10.9 Å². The maximum absolute atomic E-state index is 12.6. The van der Waals surface area contributed by atoms with Crippen LogP contribution >= 0.6 is 27.3 Å². The fourth-order valence-electron chi connectivity index (χ4n) is 2.50. The highest BCUT2D eigenvalue weighted by Gasteiger charge is 2.36. The van der Waals surface area contributed by atoms with Gasteiger partial charge in [0.25, 0.3) is 5.91 Å². The molecule has 1 saturated heterocycles. The molecule has 0 radical (unpaired) electrons. The first-order valence-electron chi connectivity index (χ1n) is 7.72. The number of halogens is 1. The van der Waals surface area contributed by atoms with E-state index in [4.69, 9.17) is 9.47 Å². The molecule has 1 aliphatic heterocycles. The van der Waals surface area contributed by atoms with Crippen molar-refractivity contribution < 1.29 is 14.3 Å². The van der Waals surface area contributed by atoms with Gasteiger partial charge in [-0.25, -0.2) is 4.98 Å². The molecule has 0 aliphatic carbocycles. The van der Waals surface area contributed by atoms with E-state index in [-0.39, 0.29) is 5.91 Å².